The van der Waals surface area contributed by atoms with Crippen LogP contribution in [0.3, 0.4) is 0 Å². The van der Waals surface area contributed by atoms with Crippen molar-refractivity contribution in [2.75, 3.05) is 6.54 Å². The van der Waals surface area contributed by atoms with Crippen molar-refractivity contribution in [2.45, 2.75) is 18.0 Å². The third-order valence-corrected chi connectivity index (χ3v) is 6.54. The number of sulfonamides is 1. The molecule has 3 aromatic rings. The number of carbonyl (C=O) groups is 1. The lowest BCUT2D eigenvalue weighted by molar-refractivity contribution is 0.0762. The van der Waals surface area contributed by atoms with Crippen LogP contribution in [0.2, 0.25) is 0 Å². The Labute approximate surface area is 175 Å². The number of benzene rings is 2. The smallest absolute Gasteiger partial charge is 0.254 e. The fraction of sp³-hybridized carbons (Fsp3) is 0.136. The van der Waals surface area contributed by atoms with Gasteiger partial charge in [0.15, 0.2) is 0 Å². The molecule has 3 rings (SSSR count). The molecule has 0 spiro atoms. The third kappa shape index (κ3) is 5.63. The van der Waals surface area contributed by atoms with E-state index in [0.29, 0.717) is 18.7 Å². The van der Waals surface area contributed by atoms with Crippen molar-refractivity contribution >= 4 is 27.3 Å². The lowest BCUT2D eigenvalue weighted by Gasteiger charge is -2.21. The van der Waals surface area contributed by atoms with Crippen LogP contribution in [0.4, 0.5) is 0 Å². The SMILES string of the molecule is C=CCN(Cc1ccccc1)C(=O)c1cccc(S(=O)(=O)NCc2cccs2)c1. The number of hydrogen-bond donors (Lipinski definition) is 1. The first-order valence-corrected chi connectivity index (χ1v) is 11.4. The summed E-state index contributed by atoms with van der Waals surface area (Å²) in [5, 5.41) is 1.89. The fourth-order valence-electron chi connectivity index (χ4n) is 2.82. The molecule has 0 saturated heterocycles. The van der Waals surface area contributed by atoms with Gasteiger partial charge in [0.2, 0.25) is 10.0 Å². The zero-order valence-electron chi connectivity index (χ0n) is 15.8. The van der Waals surface area contributed by atoms with Gasteiger partial charge in [-0.25, -0.2) is 13.1 Å². The summed E-state index contributed by atoms with van der Waals surface area (Å²) in [5.74, 6) is -0.246. The number of rotatable bonds is 9. The molecule has 5 nitrogen and oxygen atoms in total. The van der Waals surface area contributed by atoms with Gasteiger partial charge in [-0.2, -0.15) is 0 Å². The highest BCUT2D eigenvalue weighted by Gasteiger charge is 2.19. The standard InChI is InChI=1S/C22H22N2O3S2/c1-2-13-24(17-18-8-4-3-5-9-18)22(25)19-10-6-12-21(15-19)29(26,27)23-16-20-11-7-14-28-20/h2-12,14-15,23H,1,13,16-17H2. The van der Waals surface area contributed by atoms with E-state index in [4.69, 9.17) is 0 Å². The molecule has 0 radical (unpaired) electrons. The number of nitrogens with one attached hydrogen (secondary N) is 1. The number of hydrogen-bond acceptors (Lipinski definition) is 4. The number of thiophene rings is 1. The van der Waals surface area contributed by atoms with Gasteiger partial charge in [0.25, 0.3) is 5.91 Å². The Morgan fingerprint density at radius 2 is 1.86 bits per heavy atom. The van der Waals surface area contributed by atoms with Crippen LogP contribution in [-0.2, 0) is 23.1 Å². The lowest BCUT2D eigenvalue weighted by Crippen LogP contribution is -2.31. The van der Waals surface area contributed by atoms with E-state index in [1.54, 1.807) is 23.1 Å². The highest BCUT2D eigenvalue weighted by molar-refractivity contribution is 7.89. The van der Waals surface area contributed by atoms with E-state index in [1.165, 1.54) is 23.5 Å². The maximum atomic E-state index is 13.0. The van der Waals surface area contributed by atoms with E-state index in [2.05, 4.69) is 11.3 Å². The Morgan fingerprint density at radius 3 is 2.55 bits per heavy atom. The molecular weight excluding hydrogens is 404 g/mol. The summed E-state index contributed by atoms with van der Waals surface area (Å²) in [6.07, 6.45) is 1.66. The molecule has 0 aliphatic carbocycles. The van der Waals surface area contributed by atoms with Gasteiger partial charge in [0.05, 0.1) is 4.90 Å². The van der Waals surface area contributed by atoms with E-state index in [0.717, 1.165) is 10.4 Å². The molecule has 0 bridgehead atoms. The predicted molar refractivity (Wildman–Crippen MR) is 116 cm³/mol. The lowest BCUT2D eigenvalue weighted by atomic mass is 10.1. The maximum Gasteiger partial charge on any atom is 0.254 e. The van der Waals surface area contributed by atoms with Crippen molar-refractivity contribution < 1.29 is 13.2 Å². The molecule has 29 heavy (non-hydrogen) atoms. The van der Waals surface area contributed by atoms with Crippen molar-refractivity contribution in [3.05, 3.63) is 101 Å². The molecule has 0 atom stereocenters. The van der Waals surface area contributed by atoms with Crippen LogP contribution >= 0.6 is 11.3 Å². The molecule has 0 saturated carbocycles. The topological polar surface area (TPSA) is 66.5 Å². The highest BCUT2D eigenvalue weighted by atomic mass is 32.2. The first-order chi connectivity index (χ1) is 14.0. The van der Waals surface area contributed by atoms with Gasteiger partial charge >= 0.3 is 0 Å². The molecule has 0 aliphatic heterocycles. The maximum absolute atomic E-state index is 13.0. The normalized spacial score (nSPS) is 11.2. The first kappa shape index (κ1) is 21.0. The van der Waals surface area contributed by atoms with Gasteiger partial charge in [-0.15, -0.1) is 17.9 Å². The van der Waals surface area contributed by atoms with E-state index < -0.39 is 10.0 Å². The van der Waals surface area contributed by atoms with Gasteiger partial charge < -0.3 is 4.90 Å². The van der Waals surface area contributed by atoms with Gasteiger partial charge in [-0.05, 0) is 35.2 Å². The summed E-state index contributed by atoms with van der Waals surface area (Å²) in [5.41, 5.74) is 1.31. The largest absolute Gasteiger partial charge is 0.331 e. The second-order valence-electron chi connectivity index (χ2n) is 6.39. The van der Waals surface area contributed by atoms with Crippen LogP contribution < -0.4 is 4.72 Å². The van der Waals surface area contributed by atoms with E-state index >= 15 is 0 Å². The van der Waals surface area contributed by atoms with Crippen molar-refractivity contribution in [1.82, 2.24) is 9.62 Å². The summed E-state index contributed by atoms with van der Waals surface area (Å²) < 4.78 is 27.9. The van der Waals surface area contributed by atoms with Crippen LogP contribution in [0, 0.1) is 0 Å². The average molecular weight is 427 g/mol. The minimum absolute atomic E-state index is 0.0678. The predicted octanol–water partition coefficient (Wildman–Crippen LogP) is 4.06. The minimum atomic E-state index is -3.72. The van der Waals surface area contributed by atoms with Crippen LogP contribution in [0.5, 0.6) is 0 Å². The Kier molecular flexibility index (Phi) is 6.98. The Hall–Kier alpha value is -2.74. The summed E-state index contributed by atoms with van der Waals surface area (Å²) in [4.78, 5) is 15.6. The Balaban J connectivity index is 1.78. The molecule has 0 fully saturated rings. The highest BCUT2D eigenvalue weighted by Crippen LogP contribution is 2.16. The second-order valence-corrected chi connectivity index (χ2v) is 9.19. The monoisotopic (exact) mass is 426 g/mol. The zero-order chi connectivity index (χ0) is 20.7. The van der Waals surface area contributed by atoms with Gasteiger partial charge in [0.1, 0.15) is 0 Å². The van der Waals surface area contributed by atoms with Gasteiger partial charge in [0, 0.05) is 30.1 Å². The van der Waals surface area contributed by atoms with Crippen LogP contribution in [0.1, 0.15) is 20.8 Å². The van der Waals surface area contributed by atoms with Crippen molar-refractivity contribution in [3.8, 4) is 0 Å². The fourth-order valence-corrected chi connectivity index (χ4v) is 4.61. The van der Waals surface area contributed by atoms with Crippen LogP contribution in [0.25, 0.3) is 0 Å². The number of nitrogens with zero attached hydrogens (tertiary/aromatic N) is 1. The second kappa shape index (κ2) is 9.65. The van der Waals surface area contributed by atoms with Crippen LogP contribution in [0.15, 0.2) is 89.7 Å². The summed E-state index contributed by atoms with van der Waals surface area (Å²) in [6.45, 7) is 4.72. The summed E-state index contributed by atoms with van der Waals surface area (Å²) in [6, 6.07) is 19.5. The van der Waals surface area contributed by atoms with Crippen molar-refractivity contribution in [2.24, 2.45) is 0 Å². The molecule has 150 valence electrons. The van der Waals surface area contributed by atoms with Crippen molar-refractivity contribution in [3.63, 3.8) is 0 Å². The molecule has 7 heteroatoms. The third-order valence-electron chi connectivity index (χ3n) is 4.26. The average Bonchev–Trinajstić information content (AvgIpc) is 3.26. The molecule has 0 aliphatic rings. The van der Waals surface area contributed by atoms with Gasteiger partial charge in [-0.1, -0.05) is 48.5 Å². The molecular formula is C22H22N2O3S2. The number of carbonyl (C=O) groups excluding carboxylic acids is 1. The Bertz CT molecular complexity index is 1060. The molecule has 2 aromatic carbocycles. The first-order valence-electron chi connectivity index (χ1n) is 9.06. The zero-order valence-corrected chi connectivity index (χ0v) is 17.5. The summed E-state index contributed by atoms with van der Waals surface area (Å²) >= 11 is 1.48. The van der Waals surface area contributed by atoms with Crippen molar-refractivity contribution in [1.29, 1.82) is 0 Å². The molecule has 1 amide bonds. The van der Waals surface area contributed by atoms with Crippen LogP contribution in [-0.4, -0.2) is 25.8 Å². The number of amides is 1. The Morgan fingerprint density at radius 1 is 1.07 bits per heavy atom. The van der Waals surface area contributed by atoms with E-state index in [1.807, 2.05) is 47.8 Å². The van der Waals surface area contributed by atoms with E-state index in [9.17, 15) is 13.2 Å². The molecule has 1 N–H and O–H groups in total. The molecule has 1 heterocycles. The van der Waals surface area contributed by atoms with Gasteiger partial charge in [-0.3, -0.25) is 4.79 Å². The summed E-state index contributed by atoms with van der Waals surface area (Å²) in [7, 11) is -3.72. The minimum Gasteiger partial charge on any atom is -0.331 e. The quantitative estimate of drug-likeness (QED) is 0.525. The van der Waals surface area contributed by atoms with E-state index in [-0.39, 0.29) is 17.3 Å². The molecule has 1 aromatic heterocycles. The molecule has 0 unspecified atom stereocenters.